The van der Waals surface area contributed by atoms with Gasteiger partial charge in [-0.1, -0.05) is 12.1 Å². The third kappa shape index (κ3) is 4.24. The number of methoxy groups -OCH3 is 1. The van der Waals surface area contributed by atoms with E-state index in [1.807, 2.05) is 28.7 Å². The summed E-state index contributed by atoms with van der Waals surface area (Å²) in [7, 11) is 1.30. The number of Topliss-reactive ketones (excluding diaryl/α,β-unsaturated/α-hetero) is 1. The average molecular weight is 547 g/mol. The molecule has 1 saturated heterocycles. The van der Waals surface area contributed by atoms with E-state index in [-0.39, 0.29) is 29.8 Å². The number of nitrogens with one attached hydrogen (secondary N) is 1. The molecule has 9 nitrogen and oxygen atoms in total. The van der Waals surface area contributed by atoms with Gasteiger partial charge >= 0.3 is 5.97 Å². The fourth-order valence-electron chi connectivity index (χ4n) is 3.70. The van der Waals surface area contributed by atoms with Crippen LogP contribution in [0.1, 0.15) is 40.5 Å². The molecule has 32 heavy (non-hydrogen) atoms. The highest BCUT2D eigenvalue weighted by molar-refractivity contribution is 14.1. The van der Waals surface area contributed by atoms with Gasteiger partial charge in [0, 0.05) is 27.9 Å². The molecule has 1 aliphatic heterocycles. The van der Waals surface area contributed by atoms with E-state index in [2.05, 4.69) is 27.4 Å². The largest absolute Gasteiger partial charge is 0.465 e. The minimum atomic E-state index is -1.27. The first-order valence-corrected chi connectivity index (χ1v) is 11.2. The second-order valence-electron chi connectivity index (χ2n) is 7.55. The maximum Gasteiger partial charge on any atom is 0.344 e. The summed E-state index contributed by atoms with van der Waals surface area (Å²) < 4.78 is 11.9. The molecule has 0 aliphatic carbocycles. The third-order valence-electron chi connectivity index (χ3n) is 5.46. The van der Waals surface area contributed by atoms with Crippen molar-refractivity contribution in [3.63, 3.8) is 0 Å². The highest BCUT2D eigenvalue weighted by Crippen LogP contribution is 2.33. The molecule has 166 valence electrons. The zero-order valence-corrected chi connectivity index (χ0v) is 19.8. The lowest BCUT2D eigenvalue weighted by Crippen LogP contribution is -2.58. The van der Waals surface area contributed by atoms with Gasteiger partial charge in [0.2, 0.25) is 11.7 Å². The van der Waals surface area contributed by atoms with Gasteiger partial charge in [0.05, 0.1) is 25.2 Å². The predicted octanol–water partition coefficient (Wildman–Crippen LogP) is 2.83. The molecule has 2 aromatic heterocycles. The number of pyridine rings is 1. The molecule has 2 atom stereocenters. The van der Waals surface area contributed by atoms with Gasteiger partial charge in [0.15, 0.2) is 5.60 Å². The number of esters is 1. The summed E-state index contributed by atoms with van der Waals surface area (Å²) in [6.07, 6.45) is 5.81. The van der Waals surface area contributed by atoms with Crippen molar-refractivity contribution in [1.82, 2.24) is 25.3 Å². The van der Waals surface area contributed by atoms with Crippen LogP contribution in [0.15, 0.2) is 48.9 Å². The van der Waals surface area contributed by atoms with E-state index in [0.29, 0.717) is 27.7 Å². The Kier molecular flexibility index (Phi) is 6.51. The fourth-order valence-corrected chi connectivity index (χ4v) is 4.31. The number of aromatic nitrogens is 4. The quantitative estimate of drug-likeness (QED) is 0.285. The first-order valence-electron chi connectivity index (χ1n) is 10.1. The third-order valence-corrected chi connectivity index (χ3v) is 6.36. The van der Waals surface area contributed by atoms with E-state index in [0.717, 1.165) is 0 Å². The van der Waals surface area contributed by atoms with Crippen LogP contribution in [0.2, 0.25) is 0 Å². The number of carbonyl (C=O) groups excluding carboxylic acids is 2. The molecule has 1 aliphatic rings. The molecule has 3 aromatic rings. The number of para-hydroxylation sites is 1. The van der Waals surface area contributed by atoms with Crippen molar-refractivity contribution < 1.29 is 19.1 Å². The Balaban J connectivity index is 1.79. The van der Waals surface area contributed by atoms with Crippen LogP contribution in [0.4, 0.5) is 0 Å². The zero-order valence-electron chi connectivity index (χ0n) is 17.6. The number of halogens is 1. The van der Waals surface area contributed by atoms with E-state index in [4.69, 9.17) is 9.47 Å². The molecular weight excluding hydrogens is 525 g/mol. The standard InChI is InChI=1S/C22H22IN5O4/c1-14-7-9-22(13-25-14,32-20-18(21(30)31-2)16(23)8-10-24-20)19(29)15-5-3-4-6-17(15)28-26-11-12-27-28/h3-6,8,10-12,14,25H,7,9,13H2,1-2H3/t14-,22-/m1/s1. The topological polar surface area (TPSA) is 108 Å². The van der Waals surface area contributed by atoms with Gasteiger partial charge in [-0.15, -0.1) is 0 Å². The molecular formula is C22H22IN5O4. The Hall–Kier alpha value is -2.86. The normalized spacial score (nSPS) is 20.5. The van der Waals surface area contributed by atoms with Gasteiger partial charge < -0.3 is 14.8 Å². The SMILES string of the molecule is COC(=O)c1c(I)ccnc1O[C@]1(C(=O)c2ccccc2-n2nccn2)CC[C@@H](C)NC1. The summed E-state index contributed by atoms with van der Waals surface area (Å²) in [5.74, 6) is -0.734. The molecule has 4 rings (SSSR count). The monoisotopic (exact) mass is 547 g/mol. The Labute approximate surface area is 198 Å². The average Bonchev–Trinajstić information content (AvgIpc) is 3.35. The fraction of sp³-hybridized carbons (Fsp3) is 0.318. The van der Waals surface area contributed by atoms with E-state index in [1.165, 1.54) is 11.9 Å². The van der Waals surface area contributed by atoms with Crippen molar-refractivity contribution in [3.05, 3.63) is 63.6 Å². The van der Waals surface area contributed by atoms with E-state index in [9.17, 15) is 9.59 Å². The molecule has 1 fully saturated rings. The number of carbonyl (C=O) groups is 2. The molecule has 0 saturated carbocycles. The Bertz CT molecular complexity index is 1130. The van der Waals surface area contributed by atoms with Crippen molar-refractivity contribution in [3.8, 4) is 11.6 Å². The highest BCUT2D eigenvalue weighted by Gasteiger charge is 2.46. The zero-order chi connectivity index (χ0) is 22.7. The summed E-state index contributed by atoms with van der Waals surface area (Å²) in [5, 5.41) is 11.7. The molecule has 0 radical (unpaired) electrons. The van der Waals surface area contributed by atoms with Crippen LogP contribution in [0.25, 0.3) is 5.69 Å². The molecule has 0 spiro atoms. The molecule has 0 amide bonds. The molecule has 1 N–H and O–H groups in total. The van der Waals surface area contributed by atoms with Crippen molar-refractivity contribution in [2.45, 2.75) is 31.4 Å². The summed E-state index contributed by atoms with van der Waals surface area (Å²) in [5.41, 5.74) is -0.0997. The summed E-state index contributed by atoms with van der Waals surface area (Å²) >= 11 is 2.03. The number of piperidine rings is 1. The lowest BCUT2D eigenvalue weighted by Gasteiger charge is -2.39. The Morgan fingerprint density at radius 3 is 2.62 bits per heavy atom. The van der Waals surface area contributed by atoms with E-state index < -0.39 is 11.6 Å². The van der Waals surface area contributed by atoms with Crippen LogP contribution in [0.5, 0.6) is 5.88 Å². The minimum Gasteiger partial charge on any atom is -0.465 e. The van der Waals surface area contributed by atoms with Crippen LogP contribution in [0, 0.1) is 3.57 Å². The van der Waals surface area contributed by atoms with Gasteiger partial charge in [-0.25, -0.2) is 9.78 Å². The second-order valence-corrected chi connectivity index (χ2v) is 8.71. The molecule has 3 heterocycles. The number of rotatable bonds is 6. The predicted molar refractivity (Wildman–Crippen MR) is 124 cm³/mol. The van der Waals surface area contributed by atoms with Crippen molar-refractivity contribution in [2.75, 3.05) is 13.7 Å². The highest BCUT2D eigenvalue weighted by atomic mass is 127. The second kappa shape index (κ2) is 9.33. The van der Waals surface area contributed by atoms with Crippen LogP contribution in [-0.4, -0.2) is 57.0 Å². The van der Waals surface area contributed by atoms with Crippen molar-refractivity contribution in [1.29, 1.82) is 0 Å². The maximum atomic E-state index is 14.0. The van der Waals surface area contributed by atoms with Gasteiger partial charge in [-0.05, 0) is 60.6 Å². The first-order chi connectivity index (χ1) is 15.4. The lowest BCUT2D eigenvalue weighted by atomic mass is 9.83. The van der Waals surface area contributed by atoms with Gasteiger partial charge in [-0.3, -0.25) is 4.79 Å². The Morgan fingerprint density at radius 1 is 1.19 bits per heavy atom. The van der Waals surface area contributed by atoms with Crippen LogP contribution in [0.3, 0.4) is 0 Å². The van der Waals surface area contributed by atoms with E-state index in [1.54, 1.807) is 42.9 Å². The maximum absolute atomic E-state index is 14.0. The summed E-state index contributed by atoms with van der Waals surface area (Å²) in [6.45, 7) is 2.32. The number of hydrogen-bond acceptors (Lipinski definition) is 8. The van der Waals surface area contributed by atoms with Crippen molar-refractivity contribution >= 4 is 34.3 Å². The van der Waals surface area contributed by atoms with E-state index >= 15 is 0 Å². The number of ether oxygens (including phenoxy) is 2. The lowest BCUT2D eigenvalue weighted by molar-refractivity contribution is 0.0246. The first kappa shape index (κ1) is 22.3. The summed E-state index contributed by atoms with van der Waals surface area (Å²) in [6, 6.07) is 9.04. The van der Waals surface area contributed by atoms with Gasteiger partial charge in [-0.2, -0.15) is 15.0 Å². The minimum absolute atomic E-state index is 0.0724. The van der Waals surface area contributed by atoms with Crippen LogP contribution >= 0.6 is 22.6 Å². The number of hydrogen-bond donors (Lipinski definition) is 1. The number of nitrogens with zero attached hydrogens (tertiary/aromatic N) is 4. The number of ketones is 1. The number of benzene rings is 1. The van der Waals surface area contributed by atoms with Crippen LogP contribution in [-0.2, 0) is 4.74 Å². The molecule has 10 heteroatoms. The van der Waals surface area contributed by atoms with Gasteiger partial charge in [0.25, 0.3) is 0 Å². The van der Waals surface area contributed by atoms with Crippen molar-refractivity contribution in [2.24, 2.45) is 0 Å². The molecule has 0 bridgehead atoms. The van der Waals surface area contributed by atoms with Crippen LogP contribution < -0.4 is 10.1 Å². The Morgan fingerprint density at radius 2 is 1.94 bits per heavy atom. The van der Waals surface area contributed by atoms with Gasteiger partial charge in [0.1, 0.15) is 5.56 Å². The molecule has 1 aromatic carbocycles. The summed E-state index contributed by atoms with van der Waals surface area (Å²) in [4.78, 5) is 32.1. The smallest absolute Gasteiger partial charge is 0.344 e. The molecule has 0 unspecified atom stereocenters.